The molecule has 4 nitrogen and oxygen atoms in total. The lowest BCUT2D eigenvalue weighted by molar-refractivity contribution is -0.142. The highest BCUT2D eigenvalue weighted by Crippen LogP contribution is 2.60. The highest BCUT2D eigenvalue weighted by Gasteiger charge is 2.61. The van der Waals surface area contributed by atoms with Crippen molar-refractivity contribution in [3.63, 3.8) is 0 Å². The average Bonchev–Trinajstić information content (AvgIpc) is 3.00. The fourth-order valence-corrected chi connectivity index (χ4v) is 6.18. The van der Waals surface area contributed by atoms with E-state index in [0.717, 1.165) is 25.9 Å². The third kappa shape index (κ3) is 2.10. The average molecular weight is 372 g/mol. The lowest BCUT2D eigenvalue weighted by Crippen LogP contribution is -2.44. The van der Waals surface area contributed by atoms with Crippen molar-refractivity contribution >= 4 is 11.8 Å². The summed E-state index contributed by atoms with van der Waals surface area (Å²) in [5.41, 5.74) is 4.98. The minimum absolute atomic E-state index is 0.00482. The summed E-state index contributed by atoms with van der Waals surface area (Å²) in [6.45, 7) is 2.44. The van der Waals surface area contributed by atoms with Gasteiger partial charge in [0.05, 0.1) is 18.5 Å². The molecule has 28 heavy (non-hydrogen) atoms. The summed E-state index contributed by atoms with van der Waals surface area (Å²) in [5.74, 6) is -0.395. The summed E-state index contributed by atoms with van der Waals surface area (Å²) in [6.07, 6.45) is 3.56. The summed E-state index contributed by atoms with van der Waals surface area (Å²) in [4.78, 5) is 30.9. The van der Waals surface area contributed by atoms with E-state index in [-0.39, 0.29) is 35.5 Å². The first-order valence-electron chi connectivity index (χ1n) is 10.5. The molecule has 0 spiro atoms. The largest absolute Gasteiger partial charge is 0.286 e. The van der Waals surface area contributed by atoms with Crippen LogP contribution in [0.3, 0.4) is 0 Å². The summed E-state index contributed by atoms with van der Waals surface area (Å²) in [6, 6.07) is 16.9. The van der Waals surface area contributed by atoms with E-state index in [1.807, 2.05) is 0 Å². The predicted octanol–water partition coefficient (Wildman–Crippen LogP) is 3.32. The molecule has 5 aliphatic rings. The fraction of sp³-hybridized carbons (Fsp3) is 0.417. The molecule has 2 fully saturated rings. The number of rotatable bonds is 2. The Morgan fingerprint density at radius 2 is 1.11 bits per heavy atom. The van der Waals surface area contributed by atoms with Gasteiger partial charge in [0.25, 0.3) is 0 Å². The quantitative estimate of drug-likeness (QED) is 0.760. The molecule has 2 aliphatic heterocycles. The summed E-state index contributed by atoms with van der Waals surface area (Å²) >= 11 is 0. The Kier molecular flexibility index (Phi) is 3.54. The Balaban J connectivity index is 1.45. The highest BCUT2D eigenvalue weighted by molar-refractivity contribution is 6.07. The number of nitrogens with zero attached hydrogens (tertiary/aromatic N) is 2. The third-order valence-corrected chi connectivity index (χ3v) is 7.33. The van der Waals surface area contributed by atoms with Gasteiger partial charge in [-0.1, -0.05) is 55.0 Å². The number of likely N-dealkylation sites (tertiary alicyclic amines) is 2. The monoisotopic (exact) mass is 372 g/mol. The molecule has 2 aromatic rings. The van der Waals surface area contributed by atoms with E-state index in [1.54, 1.807) is 4.90 Å². The lowest BCUT2D eigenvalue weighted by atomic mass is 9.55. The zero-order chi connectivity index (χ0) is 18.8. The minimum Gasteiger partial charge on any atom is -0.286 e. The topological polar surface area (TPSA) is 40.6 Å². The number of hydrogen-bond acceptors (Lipinski definition) is 3. The van der Waals surface area contributed by atoms with Crippen molar-refractivity contribution in [3.05, 3.63) is 70.8 Å². The van der Waals surface area contributed by atoms with Gasteiger partial charge in [0.1, 0.15) is 0 Å². The predicted molar refractivity (Wildman–Crippen MR) is 106 cm³/mol. The maximum Gasteiger partial charge on any atom is 0.235 e. The number of imide groups is 1. The van der Waals surface area contributed by atoms with Crippen LogP contribution in [0.25, 0.3) is 0 Å². The maximum atomic E-state index is 13.5. The van der Waals surface area contributed by atoms with Gasteiger partial charge in [-0.2, -0.15) is 0 Å². The molecule has 2 amide bonds. The normalized spacial score (nSPS) is 30.9. The Labute approximate surface area is 165 Å². The fourth-order valence-electron chi connectivity index (χ4n) is 6.18. The molecule has 2 aromatic carbocycles. The molecular weight excluding hydrogens is 348 g/mol. The smallest absolute Gasteiger partial charge is 0.235 e. The van der Waals surface area contributed by atoms with E-state index < -0.39 is 0 Å². The molecular formula is C24H24N2O2. The van der Waals surface area contributed by atoms with E-state index in [1.165, 1.54) is 28.7 Å². The molecule has 0 N–H and O–H groups in total. The van der Waals surface area contributed by atoms with Crippen LogP contribution in [-0.2, 0) is 9.59 Å². The van der Waals surface area contributed by atoms with Crippen molar-refractivity contribution in [1.82, 2.24) is 9.80 Å². The number of carbonyl (C=O) groups is 2. The standard InChI is InChI=1S/C24H24N2O2/c27-23-21-19-15-8-2-3-9-16(15)20(18-11-5-4-10-17(18)19)22(21)24(28)26(23)14-25-12-6-1-7-13-25/h2-5,8-11,19-22H,1,6-7,12-14H2/t19?,20?,21-,22+. The molecule has 0 radical (unpaired) electrons. The number of hydrogen-bond donors (Lipinski definition) is 0. The molecule has 0 saturated carbocycles. The summed E-state index contributed by atoms with van der Waals surface area (Å²) in [5, 5.41) is 0. The van der Waals surface area contributed by atoms with Gasteiger partial charge in [-0.15, -0.1) is 0 Å². The maximum absolute atomic E-state index is 13.5. The Hall–Kier alpha value is -2.46. The van der Waals surface area contributed by atoms with E-state index in [9.17, 15) is 9.59 Å². The second-order valence-electron chi connectivity index (χ2n) is 8.69. The van der Waals surface area contributed by atoms with Gasteiger partial charge in [-0.3, -0.25) is 19.4 Å². The van der Waals surface area contributed by atoms with Crippen LogP contribution in [0, 0.1) is 11.8 Å². The second kappa shape index (κ2) is 6.02. The van der Waals surface area contributed by atoms with Crippen molar-refractivity contribution < 1.29 is 9.59 Å². The molecule has 2 saturated heterocycles. The molecule has 4 heteroatoms. The van der Waals surface area contributed by atoms with Crippen LogP contribution in [0.5, 0.6) is 0 Å². The summed E-state index contributed by atoms with van der Waals surface area (Å²) < 4.78 is 0. The van der Waals surface area contributed by atoms with E-state index in [4.69, 9.17) is 0 Å². The van der Waals surface area contributed by atoms with Gasteiger partial charge in [0, 0.05) is 11.8 Å². The van der Waals surface area contributed by atoms with Crippen molar-refractivity contribution in [1.29, 1.82) is 0 Å². The zero-order valence-electron chi connectivity index (χ0n) is 15.9. The lowest BCUT2D eigenvalue weighted by Gasteiger charge is -2.45. The van der Waals surface area contributed by atoms with Gasteiger partial charge in [-0.05, 0) is 48.2 Å². The van der Waals surface area contributed by atoms with Gasteiger partial charge in [0.2, 0.25) is 11.8 Å². The van der Waals surface area contributed by atoms with Crippen LogP contribution in [0.2, 0.25) is 0 Å². The molecule has 0 aromatic heterocycles. The number of benzene rings is 2. The van der Waals surface area contributed by atoms with Gasteiger partial charge < -0.3 is 0 Å². The number of amides is 2. The Morgan fingerprint density at radius 1 is 0.679 bits per heavy atom. The number of piperidine rings is 1. The van der Waals surface area contributed by atoms with Crippen LogP contribution in [0.15, 0.2) is 48.5 Å². The van der Waals surface area contributed by atoms with E-state index in [0.29, 0.717) is 6.67 Å². The minimum atomic E-state index is -0.243. The first-order valence-corrected chi connectivity index (χ1v) is 10.5. The highest BCUT2D eigenvalue weighted by atomic mass is 16.2. The number of carbonyl (C=O) groups excluding carboxylic acids is 2. The molecule has 2 bridgehead atoms. The first-order chi connectivity index (χ1) is 13.8. The van der Waals surface area contributed by atoms with E-state index in [2.05, 4.69) is 53.4 Å². The van der Waals surface area contributed by atoms with Crippen molar-refractivity contribution in [3.8, 4) is 0 Å². The summed E-state index contributed by atoms with van der Waals surface area (Å²) in [7, 11) is 0. The Morgan fingerprint density at radius 3 is 1.54 bits per heavy atom. The third-order valence-electron chi connectivity index (χ3n) is 7.33. The van der Waals surface area contributed by atoms with Gasteiger partial charge >= 0.3 is 0 Å². The first kappa shape index (κ1) is 16.5. The molecule has 0 unspecified atom stereocenters. The van der Waals surface area contributed by atoms with Crippen LogP contribution in [-0.4, -0.2) is 41.4 Å². The van der Waals surface area contributed by atoms with Crippen LogP contribution >= 0.6 is 0 Å². The van der Waals surface area contributed by atoms with Crippen LogP contribution in [0.4, 0.5) is 0 Å². The SMILES string of the molecule is O=C1[C@@H]2C3c4ccccc4C(c4ccccc43)[C@@H]2C(=O)N1CN1CCCCC1. The molecule has 3 aliphatic carbocycles. The van der Waals surface area contributed by atoms with Crippen molar-refractivity contribution in [2.45, 2.75) is 31.1 Å². The van der Waals surface area contributed by atoms with Crippen molar-refractivity contribution in [2.75, 3.05) is 19.8 Å². The molecule has 2 atom stereocenters. The van der Waals surface area contributed by atoms with Gasteiger partial charge in [0.15, 0.2) is 0 Å². The van der Waals surface area contributed by atoms with E-state index >= 15 is 0 Å². The van der Waals surface area contributed by atoms with Crippen LogP contribution in [0.1, 0.15) is 53.4 Å². The zero-order valence-corrected chi connectivity index (χ0v) is 15.9. The van der Waals surface area contributed by atoms with Crippen LogP contribution < -0.4 is 0 Å². The molecule has 7 rings (SSSR count). The Bertz CT molecular complexity index is 863. The molecule has 142 valence electrons. The van der Waals surface area contributed by atoms with Gasteiger partial charge in [-0.25, -0.2) is 0 Å². The second-order valence-corrected chi connectivity index (χ2v) is 8.69. The van der Waals surface area contributed by atoms with Crippen molar-refractivity contribution in [2.24, 2.45) is 11.8 Å². The molecule has 2 heterocycles.